The molecule has 0 aliphatic heterocycles. The molecule has 0 amide bonds. The third-order valence-electron chi connectivity index (χ3n) is 8.18. The summed E-state index contributed by atoms with van der Waals surface area (Å²) in [5.41, 5.74) is 6.76. The molecule has 0 saturated carbocycles. The third kappa shape index (κ3) is 12.4. The zero-order chi connectivity index (χ0) is 38.6. The largest absolute Gasteiger partial charge is 1.00 e. The van der Waals surface area contributed by atoms with E-state index in [1.54, 1.807) is 73.9 Å². The van der Waals surface area contributed by atoms with Crippen LogP contribution in [0.2, 0.25) is 0 Å². The zero-order valence-corrected chi connectivity index (χ0v) is 37.1. The molecule has 22 heteroatoms. The molecule has 0 saturated heterocycles. The fourth-order valence-electron chi connectivity index (χ4n) is 5.34. The number of anilines is 4. The van der Waals surface area contributed by atoms with E-state index in [0.717, 1.165) is 6.07 Å². The molecule has 0 fully saturated rings. The van der Waals surface area contributed by atoms with Crippen molar-refractivity contribution in [1.29, 1.82) is 0 Å². The van der Waals surface area contributed by atoms with Gasteiger partial charge in [0.05, 0.1) is 48.0 Å². The number of sulfonamides is 1. The molecule has 4 rings (SSSR count). The number of hydrogen-bond donors (Lipinski definition) is 3. The summed E-state index contributed by atoms with van der Waals surface area (Å²) in [6.07, 6.45) is 0. The van der Waals surface area contributed by atoms with Gasteiger partial charge >= 0.3 is 59.1 Å². The van der Waals surface area contributed by atoms with Gasteiger partial charge in [-0.05, 0) is 87.4 Å². The van der Waals surface area contributed by atoms with Gasteiger partial charge in [-0.25, -0.2) is 30.4 Å². The third-order valence-corrected chi connectivity index (χ3v) is 10.5. The molecular formula is C32H37N7Na2O10S3. The van der Waals surface area contributed by atoms with E-state index in [9.17, 15) is 43.9 Å². The first-order chi connectivity index (χ1) is 24.2. The van der Waals surface area contributed by atoms with E-state index in [1.165, 1.54) is 12.1 Å². The number of nitrogens with zero attached hydrogens (tertiary/aromatic N) is 4. The van der Waals surface area contributed by atoms with Crippen LogP contribution in [0.1, 0.15) is 25.0 Å². The van der Waals surface area contributed by atoms with Crippen LogP contribution in [-0.4, -0.2) is 72.0 Å². The normalized spacial score (nSPS) is 12.6. The molecule has 0 atom stereocenters. The van der Waals surface area contributed by atoms with Crippen LogP contribution in [0.5, 0.6) is 0 Å². The summed E-state index contributed by atoms with van der Waals surface area (Å²) in [6, 6.07) is 13.6. The van der Waals surface area contributed by atoms with E-state index in [0.29, 0.717) is 47.0 Å². The monoisotopic (exact) mass is 821 g/mol. The Morgan fingerprint density at radius 2 is 1.06 bits per heavy atom. The van der Waals surface area contributed by atoms with Gasteiger partial charge in [0, 0.05) is 48.3 Å². The Labute approximate surface area is 357 Å². The van der Waals surface area contributed by atoms with Crippen LogP contribution in [0, 0.1) is 13.8 Å². The van der Waals surface area contributed by atoms with Crippen LogP contribution in [-0.2, 0) is 30.3 Å². The van der Waals surface area contributed by atoms with Gasteiger partial charge in [0.25, 0.3) is 10.9 Å². The Bertz CT molecular complexity index is 2580. The minimum atomic E-state index is -4.42. The minimum absolute atomic E-state index is 0. The van der Waals surface area contributed by atoms with Crippen molar-refractivity contribution in [1.82, 2.24) is 0 Å². The van der Waals surface area contributed by atoms with Gasteiger partial charge in [-0.1, -0.05) is 6.07 Å². The van der Waals surface area contributed by atoms with Crippen LogP contribution in [0.25, 0.3) is 10.8 Å². The number of fused-ring (bicyclic) bond motifs is 1. The van der Waals surface area contributed by atoms with Gasteiger partial charge in [-0.3, -0.25) is 20.4 Å². The van der Waals surface area contributed by atoms with Gasteiger partial charge in [0.2, 0.25) is 10.0 Å². The number of hydrogen-bond acceptors (Lipinski definition) is 16. The van der Waals surface area contributed by atoms with Crippen LogP contribution in [0.4, 0.5) is 22.7 Å². The van der Waals surface area contributed by atoms with E-state index in [1.807, 2.05) is 0 Å². The Hall–Kier alpha value is -2.73. The van der Waals surface area contributed by atoms with Gasteiger partial charge in [-0.2, -0.15) is 10.2 Å². The van der Waals surface area contributed by atoms with Crippen molar-refractivity contribution < 1.29 is 93.5 Å². The number of primary sulfonamides is 1. The zero-order valence-electron chi connectivity index (χ0n) is 30.6. The van der Waals surface area contributed by atoms with Crippen molar-refractivity contribution in [3.05, 3.63) is 96.9 Å². The van der Waals surface area contributed by atoms with Crippen molar-refractivity contribution in [2.24, 2.45) is 15.3 Å². The summed E-state index contributed by atoms with van der Waals surface area (Å²) in [6.45, 7) is 7.86. The number of rotatable bonds is 15. The van der Waals surface area contributed by atoms with Crippen molar-refractivity contribution in [3.63, 3.8) is 0 Å². The van der Waals surface area contributed by atoms with Crippen molar-refractivity contribution >= 4 is 63.8 Å². The maximum absolute atomic E-state index is 13.5. The van der Waals surface area contributed by atoms with Crippen molar-refractivity contribution in [3.8, 4) is 0 Å². The fourth-order valence-corrected chi connectivity index (χ4v) is 6.77. The second-order valence-electron chi connectivity index (χ2n) is 11.7. The topological polar surface area (TPSA) is 264 Å². The number of aryl methyl sites for hydroxylation is 2. The average Bonchev–Trinajstić information content (AvgIpc) is 3.05. The van der Waals surface area contributed by atoms with Crippen LogP contribution in [0.3, 0.4) is 0 Å². The van der Waals surface area contributed by atoms with Crippen LogP contribution < -0.4 is 106 Å². The first kappa shape index (κ1) is 47.4. The van der Waals surface area contributed by atoms with E-state index < -0.39 is 58.0 Å². The van der Waals surface area contributed by atoms with E-state index in [4.69, 9.17) is 5.14 Å². The second kappa shape index (κ2) is 19.4. The first-order valence-electron chi connectivity index (χ1n) is 15.7. The SMILES string of the molecule is CCN(CCS(=O)(=O)[O-])c1ccc(NN=c2c(=O)c(=O)c(=NNc3ccc(N(CC)CCS(=O)(=O)[O-])cc3C)c3cc(S(N)(=O)=O)ccc23)c(C)c1.[Na+].[Na+]. The maximum atomic E-state index is 13.5. The molecule has 0 radical (unpaired) electrons. The van der Waals surface area contributed by atoms with E-state index in [2.05, 4.69) is 21.1 Å². The summed E-state index contributed by atoms with van der Waals surface area (Å²) in [5, 5.41) is 13.1. The molecule has 0 aromatic heterocycles. The number of nitrogens with one attached hydrogen (secondary N) is 2. The molecule has 0 aliphatic rings. The summed E-state index contributed by atoms with van der Waals surface area (Å²) in [5.74, 6) is -1.14. The average molecular weight is 822 g/mol. The first-order valence-corrected chi connectivity index (χ1v) is 20.4. The van der Waals surface area contributed by atoms with Crippen LogP contribution in [0.15, 0.2) is 79.3 Å². The fraction of sp³-hybridized carbons (Fsp3) is 0.312. The predicted molar refractivity (Wildman–Crippen MR) is 196 cm³/mol. The van der Waals surface area contributed by atoms with E-state index in [-0.39, 0.29) is 93.2 Å². The molecule has 280 valence electrons. The molecule has 4 aromatic rings. The van der Waals surface area contributed by atoms with Crippen molar-refractivity contribution in [2.75, 3.05) is 58.3 Å². The summed E-state index contributed by atoms with van der Waals surface area (Å²) in [7, 11) is -13.1. The molecule has 0 spiro atoms. The van der Waals surface area contributed by atoms with Gasteiger partial charge in [-0.15, -0.1) is 0 Å². The Morgan fingerprint density at radius 1 is 0.648 bits per heavy atom. The Morgan fingerprint density at radius 3 is 1.41 bits per heavy atom. The Kier molecular flexibility index (Phi) is 17.1. The molecule has 0 unspecified atom stereocenters. The quantitative estimate of drug-likeness (QED) is 0.0437. The molecule has 0 aliphatic carbocycles. The number of nitrogens with two attached hydrogens (primary N) is 1. The standard InChI is InChI=1S/C32H39N7O10S3.2Na/c1-5-38(13-15-50(42,43)44)22-7-11-27(20(3)17-22)34-36-29-25-10-9-24(52(33,48)49)19-26(25)30(32(41)31(29)40)37-35-28-12-8-23(18-21(28)4)39(6-2)14-16-51(45,46)47;;/h7-12,17-19,34-35H,5-6,13-16H2,1-4H3,(H2,33,48,49)(H,42,43,44)(H,45,46,47);;/q;2*+1/p-2. The molecule has 54 heavy (non-hydrogen) atoms. The maximum Gasteiger partial charge on any atom is 1.00 e. The predicted octanol–water partition coefficient (Wildman–Crippen LogP) is -5.69. The minimum Gasteiger partial charge on any atom is -0.748 e. The molecule has 0 bridgehead atoms. The smallest absolute Gasteiger partial charge is 0.748 e. The molecular weight excluding hydrogens is 785 g/mol. The van der Waals surface area contributed by atoms with Crippen molar-refractivity contribution in [2.45, 2.75) is 32.6 Å². The van der Waals surface area contributed by atoms with Gasteiger partial charge in [0.1, 0.15) is 10.7 Å². The van der Waals surface area contributed by atoms with Gasteiger partial charge in [0.15, 0.2) is 0 Å². The summed E-state index contributed by atoms with van der Waals surface area (Å²) < 4.78 is 91.3. The molecule has 4 N–H and O–H groups in total. The Balaban J connectivity index is 0.00000504. The molecule has 0 heterocycles. The van der Waals surface area contributed by atoms with E-state index >= 15 is 0 Å². The molecule has 4 aromatic carbocycles. The summed E-state index contributed by atoms with van der Waals surface area (Å²) >= 11 is 0. The molecule has 17 nitrogen and oxygen atoms in total. The second-order valence-corrected chi connectivity index (χ2v) is 16.3. The van der Waals surface area contributed by atoms with Gasteiger partial charge < -0.3 is 18.9 Å². The summed E-state index contributed by atoms with van der Waals surface area (Å²) in [4.78, 5) is 30.0. The van der Waals surface area contributed by atoms with Crippen LogP contribution >= 0.6 is 0 Å². The number of benzene rings is 4.